The molecule has 0 radical (unpaired) electrons. The van der Waals surface area contributed by atoms with Crippen LogP contribution in [0.1, 0.15) is 16.2 Å². The number of H-pyrrole nitrogens is 1. The van der Waals surface area contributed by atoms with Crippen molar-refractivity contribution in [2.75, 3.05) is 12.1 Å². The zero-order valence-electron chi connectivity index (χ0n) is 12.9. The monoisotopic (exact) mass is 322 g/mol. The number of fused-ring (bicyclic) bond motifs is 1. The minimum Gasteiger partial charge on any atom is -0.454 e. The largest absolute Gasteiger partial charge is 0.454 e. The molecule has 0 atom stereocenters. The van der Waals surface area contributed by atoms with Crippen LogP contribution in [0.2, 0.25) is 0 Å². The Morgan fingerprint density at radius 3 is 2.88 bits per heavy atom. The van der Waals surface area contributed by atoms with Crippen LogP contribution in [0.4, 0.5) is 5.69 Å². The minimum atomic E-state index is -0.225. The number of rotatable bonds is 3. The lowest BCUT2D eigenvalue weighted by Gasteiger charge is -2.07. The number of aryl methyl sites for hydroxylation is 1. The number of aromatic nitrogens is 3. The van der Waals surface area contributed by atoms with Gasteiger partial charge in [-0.15, -0.1) is 0 Å². The second-order valence-corrected chi connectivity index (χ2v) is 5.35. The molecule has 1 aliphatic rings. The van der Waals surface area contributed by atoms with Crippen LogP contribution >= 0.6 is 0 Å². The molecule has 0 aliphatic carbocycles. The van der Waals surface area contributed by atoms with Crippen molar-refractivity contribution < 1.29 is 14.3 Å². The van der Waals surface area contributed by atoms with Crippen molar-refractivity contribution in [3.63, 3.8) is 0 Å². The Morgan fingerprint density at radius 2 is 2.04 bits per heavy atom. The summed E-state index contributed by atoms with van der Waals surface area (Å²) < 4.78 is 10.5. The van der Waals surface area contributed by atoms with Gasteiger partial charge in [-0.05, 0) is 37.3 Å². The number of nitrogens with zero attached hydrogens (tertiary/aromatic N) is 2. The third-order valence-corrected chi connectivity index (χ3v) is 3.61. The van der Waals surface area contributed by atoms with E-state index in [0.29, 0.717) is 28.6 Å². The minimum absolute atomic E-state index is 0.179. The molecule has 24 heavy (non-hydrogen) atoms. The molecule has 120 valence electrons. The highest BCUT2D eigenvalue weighted by molar-refractivity contribution is 6.04. The third kappa shape index (κ3) is 2.67. The van der Waals surface area contributed by atoms with Gasteiger partial charge < -0.3 is 14.8 Å². The Balaban J connectivity index is 1.56. The van der Waals surface area contributed by atoms with Gasteiger partial charge in [0.05, 0.1) is 0 Å². The standard InChI is InChI=1S/C17H14N4O3/c1-10-18-16(21-20-10)11-3-2-4-13(7-11)19-17(22)12-5-6-14-15(8-12)24-9-23-14/h2-8H,9H2,1H3,(H,19,22)(H,18,20,21). The van der Waals surface area contributed by atoms with Crippen molar-refractivity contribution in [2.45, 2.75) is 6.92 Å². The van der Waals surface area contributed by atoms with Crippen LogP contribution in [0.15, 0.2) is 42.5 Å². The van der Waals surface area contributed by atoms with Crippen molar-refractivity contribution >= 4 is 11.6 Å². The number of hydrogen-bond donors (Lipinski definition) is 2. The van der Waals surface area contributed by atoms with E-state index < -0.39 is 0 Å². The van der Waals surface area contributed by atoms with Gasteiger partial charge in [0.1, 0.15) is 5.82 Å². The maximum atomic E-state index is 12.4. The zero-order chi connectivity index (χ0) is 16.5. The molecule has 2 aromatic carbocycles. The van der Waals surface area contributed by atoms with E-state index in [-0.39, 0.29) is 12.7 Å². The molecule has 2 N–H and O–H groups in total. The smallest absolute Gasteiger partial charge is 0.255 e. The number of hydrogen-bond acceptors (Lipinski definition) is 5. The van der Waals surface area contributed by atoms with E-state index in [0.717, 1.165) is 11.4 Å². The van der Waals surface area contributed by atoms with Crippen molar-refractivity contribution in [3.05, 3.63) is 53.9 Å². The fraction of sp³-hybridized carbons (Fsp3) is 0.118. The molecule has 0 fully saturated rings. The summed E-state index contributed by atoms with van der Waals surface area (Å²) in [5.74, 6) is 2.32. The quantitative estimate of drug-likeness (QED) is 0.774. The maximum absolute atomic E-state index is 12.4. The van der Waals surface area contributed by atoms with E-state index in [9.17, 15) is 4.79 Å². The summed E-state index contributed by atoms with van der Waals surface area (Å²) in [4.78, 5) is 16.7. The summed E-state index contributed by atoms with van der Waals surface area (Å²) in [6.07, 6.45) is 0. The summed E-state index contributed by atoms with van der Waals surface area (Å²) >= 11 is 0. The van der Waals surface area contributed by atoms with Gasteiger partial charge in [-0.2, -0.15) is 5.10 Å². The first-order valence-electron chi connectivity index (χ1n) is 7.39. The molecule has 4 rings (SSSR count). The van der Waals surface area contributed by atoms with Crippen molar-refractivity contribution in [1.82, 2.24) is 15.2 Å². The highest BCUT2D eigenvalue weighted by atomic mass is 16.7. The van der Waals surface area contributed by atoms with Gasteiger partial charge in [-0.1, -0.05) is 12.1 Å². The van der Waals surface area contributed by atoms with E-state index in [4.69, 9.17) is 9.47 Å². The van der Waals surface area contributed by atoms with E-state index in [1.165, 1.54) is 0 Å². The molecular formula is C17H14N4O3. The van der Waals surface area contributed by atoms with Crippen LogP contribution in [-0.2, 0) is 0 Å². The number of nitrogens with one attached hydrogen (secondary N) is 2. The summed E-state index contributed by atoms with van der Waals surface area (Å²) in [6.45, 7) is 2.01. The molecular weight excluding hydrogens is 308 g/mol. The summed E-state index contributed by atoms with van der Waals surface area (Å²) in [7, 11) is 0. The van der Waals surface area contributed by atoms with Gasteiger partial charge in [0.25, 0.3) is 5.91 Å². The van der Waals surface area contributed by atoms with Crippen molar-refractivity contribution in [2.24, 2.45) is 0 Å². The van der Waals surface area contributed by atoms with Crippen LogP contribution in [-0.4, -0.2) is 27.9 Å². The van der Waals surface area contributed by atoms with Crippen molar-refractivity contribution in [1.29, 1.82) is 0 Å². The van der Waals surface area contributed by atoms with Gasteiger partial charge in [0, 0.05) is 16.8 Å². The van der Waals surface area contributed by atoms with Gasteiger partial charge in [-0.25, -0.2) is 4.98 Å². The number of aromatic amines is 1. The normalized spacial score (nSPS) is 12.2. The second kappa shape index (κ2) is 5.69. The van der Waals surface area contributed by atoms with Crippen LogP contribution < -0.4 is 14.8 Å². The molecule has 7 heteroatoms. The second-order valence-electron chi connectivity index (χ2n) is 5.35. The summed E-state index contributed by atoms with van der Waals surface area (Å²) in [6, 6.07) is 12.5. The van der Waals surface area contributed by atoms with E-state index in [1.807, 2.05) is 31.2 Å². The Kier molecular flexibility index (Phi) is 3.38. The van der Waals surface area contributed by atoms with Gasteiger partial charge in [0.15, 0.2) is 17.3 Å². The molecule has 1 aliphatic heterocycles. The molecule has 0 bridgehead atoms. The summed E-state index contributed by atoms with van der Waals surface area (Å²) in [5.41, 5.74) is 1.99. The Bertz CT molecular complexity index is 920. The lowest BCUT2D eigenvalue weighted by atomic mass is 10.1. The topological polar surface area (TPSA) is 89.1 Å². The first-order valence-corrected chi connectivity index (χ1v) is 7.39. The SMILES string of the molecule is Cc1nc(-c2cccc(NC(=O)c3ccc4c(c3)OCO4)c2)n[nH]1. The molecule has 0 unspecified atom stereocenters. The molecule has 2 heterocycles. The number of ether oxygens (including phenoxy) is 2. The fourth-order valence-electron chi connectivity index (χ4n) is 2.45. The first kappa shape index (κ1) is 14.3. The predicted molar refractivity (Wildman–Crippen MR) is 87.1 cm³/mol. The lowest BCUT2D eigenvalue weighted by Crippen LogP contribution is -2.11. The van der Waals surface area contributed by atoms with Crippen LogP contribution in [0.3, 0.4) is 0 Å². The zero-order valence-corrected chi connectivity index (χ0v) is 12.9. The van der Waals surface area contributed by atoms with Gasteiger partial charge in [0.2, 0.25) is 6.79 Å². The Hall–Kier alpha value is -3.35. The third-order valence-electron chi connectivity index (χ3n) is 3.61. The van der Waals surface area contributed by atoms with Crippen LogP contribution in [0, 0.1) is 6.92 Å². The molecule has 3 aromatic rings. The maximum Gasteiger partial charge on any atom is 0.255 e. The molecule has 1 amide bonds. The van der Waals surface area contributed by atoms with E-state index >= 15 is 0 Å². The Labute approximate surface area is 137 Å². The van der Waals surface area contributed by atoms with E-state index in [1.54, 1.807) is 18.2 Å². The van der Waals surface area contributed by atoms with Crippen LogP contribution in [0.25, 0.3) is 11.4 Å². The van der Waals surface area contributed by atoms with Gasteiger partial charge >= 0.3 is 0 Å². The molecule has 0 saturated carbocycles. The Morgan fingerprint density at radius 1 is 1.17 bits per heavy atom. The predicted octanol–water partition coefficient (Wildman–Crippen LogP) is 2.76. The van der Waals surface area contributed by atoms with Gasteiger partial charge in [-0.3, -0.25) is 9.89 Å². The highest BCUT2D eigenvalue weighted by Gasteiger charge is 2.16. The highest BCUT2D eigenvalue weighted by Crippen LogP contribution is 2.32. The number of anilines is 1. The number of carbonyl (C=O) groups excluding carboxylic acids is 1. The van der Waals surface area contributed by atoms with Crippen LogP contribution in [0.5, 0.6) is 11.5 Å². The first-order chi connectivity index (χ1) is 11.7. The molecule has 1 aromatic heterocycles. The van der Waals surface area contributed by atoms with Crippen molar-refractivity contribution in [3.8, 4) is 22.9 Å². The average Bonchev–Trinajstić information content (AvgIpc) is 3.23. The fourth-order valence-corrected chi connectivity index (χ4v) is 2.45. The van der Waals surface area contributed by atoms with E-state index in [2.05, 4.69) is 20.5 Å². The average molecular weight is 322 g/mol. The number of carbonyl (C=O) groups is 1. The summed E-state index contributed by atoms with van der Waals surface area (Å²) in [5, 5.41) is 9.79. The molecule has 0 spiro atoms. The number of benzene rings is 2. The molecule has 7 nitrogen and oxygen atoms in total. The molecule has 0 saturated heterocycles. The number of amides is 1. The lowest BCUT2D eigenvalue weighted by molar-refractivity contribution is 0.102.